The Morgan fingerprint density at radius 1 is 0.750 bits per heavy atom. The van der Waals surface area contributed by atoms with Crippen molar-refractivity contribution in [1.82, 2.24) is 29.2 Å². The molecule has 3 amide bonds. The second kappa shape index (κ2) is 26.0. The summed E-state index contributed by atoms with van der Waals surface area (Å²) >= 11 is 0. The summed E-state index contributed by atoms with van der Waals surface area (Å²) in [5.74, 6) is 0.566. The number of benzene rings is 1. The Kier molecular flexibility index (Phi) is 20.2. The molecule has 5 rings (SSSR count). The molecule has 0 spiro atoms. The molecule has 0 bridgehead atoms. The van der Waals surface area contributed by atoms with Crippen LogP contribution in [-0.2, 0) is 55.9 Å². The van der Waals surface area contributed by atoms with Crippen molar-refractivity contribution < 1.29 is 42.8 Å². The Balaban J connectivity index is 0.835. The van der Waals surface area contributed by atoms with Gasteiger partial charge in [0.1, 0.15) is 5.52 Å². The number of anilines is 2. The third-order valence-electron chi connectivity index (χ3n) is 10.3. The summed E-state index contributed by atoms with van der Waals surface area (Å²) in [5.41, 5.74) is 11.6. The number of fused-ring (bicyclic) bond motifs is 1. The predicted molar refractivity (Wildman–Crippen MR) is 227 cm³/mol. The highest BCUT2D eigenvalue weighted by atomic mass is 16.6. The number of aromatic nitrogens is 3. The number of piperazine rings is 1. The van der Waals surface area contributed by atoms with Crippen molar-refractivity contribution in [2.75, 3.05) is 130 Å². The number of ether oxygens (including phenoxy) is 6. The highest BCUT2D eigenvalue weighted by Crippen LogP contribution is 2.25. The lowest BCUT2D eigenvalue weighted by atomic mass is 10.0. The maximum atomic E-state index is 12.8. The van der Waals surface area contributed by atoms with Gasteiger partial charge in [-0.3, -0.25) is 24.2 Å². The average Bonchev–Trinajstić information content (AvgIpc) is 3.80. The van der Waals surface area contributed by atoms with Crippen LogP contribution >= 0.6 is 0 Å². The molecule has 2 aliphatic heterocycles. The Morgan fingerprint density at radius 2 is 1.35 bits per heavy atom. The molecule has 0 aliphatic carbocycles. The zero-order chi connectivity index (χ0) is 42.4. The van der Waals surface area contributed by atoms with Crippen LogP contribution in [0.2, 0.25) is 0 Å². The van der Waals surface area contributed by atoms with Gasteiger partial charge in [-0.25, -0.2) is 4.98 Å². The number of aryl methyl sites for hydroxylation is 1. The van der Waals surface area contributed by atoms with Gasteiger partial charge in [0, 0.05) is 64.2 Å². The van der Waals surface area contributed by atoms with Crippen LogP contribution in [0, 0.1) is 6.92 Å². The van der Waals surface area contributed by atoms with Crippen LogP contribution in [0.3, 0.4) is 0 Å². The van der Waals surface area contributed by atoms with Crippen LogP contribution in [0.4, 0.5) is 11.8 Å². The minimum Gasteiger partial charge on any atom is -0.379 e. The fraction of sp³-hybridized carbons (Fsp3) is 0.605. The Morgan fingerprint density at radius 3 is 1.95 bits per heavy atom. The molecule has 3 N–H and O–H groups in total. The van der Waals surface area contributed by atoms with Crippen molar-refractivity contribution in [2.45, 2.75) is 52.6 Å². The van der Waals surface area contributed by atoms with Gasteiger partial charge in [-0.1, -0.05) is 38.0 Å². The van der Waals surface area contributed by atoms with E-state index in [0.29, 0.717) is 98.7 Å². The molecule has 3 aromatic rings. The number of hydrogen-bond donors (Lipinski definition) is 2. The standard InChI is InChI=1S/C43H64N8O9/c1-3-4-5-12-45-42-41-37(46-43(44)47-42)10-13-50(41)33-36-7-6-35(31-34(36)2)32-48-14-16-49(17-15-48)38(52)11-19-55-21-23-57-25-27-59-29-30-60-28-26-58-24-22-56-20-18-51-39(53)8-9-40(51)54/h6-10,13,31H,3-5,11-12,14-30,32-33H2,1-2H3,(H3,44,45,46,47). The van der Waals surface area contributed by atoms with Crippen molar-refractivity contribution in [3.63, 3.8) is 0 Å². The zero-order valence-electron chi connectivity index (χ0n) is 35.4. The van der Waals surface area contributed by atoms with E-state index in [1.165, 1.54) is 35.3 Å². The Bertz CT molecular complexity index is 1800. The summed E-state index contributed by atoms with van der Waals surface area (Å²) in [6, 6.07) is 8.70. The summed E-state index contributed by atoms with van der Waals surface area (Å²) < 4.78 is 35.2. The second-order valence-corrected chi connectivity index (χ2v) is 14.7. The number of nitrogens with zero attached hydrogens (tertiary/aromatic N) is 6. The summed E-state index contributed by atoms with van der Waals surface area (Å²) in [6.07, 6.45) is 8.34. The molecule has 0 unspecified atom stereocenters. The predicted octanol–water partition coefficient (Wildman–Crippen LogP) is 3.03. The smallest absolute Gasteiger partial charge is 0.253 e. The minimum absolute atomic E-state index is 0.123. The van der Waals surface area contributed by atoms with Gasteiger partial charge in [-0.2, -0.15) is 4.98 Å². The van der Waals surface area contributed by atoms with E-state index in [2.05, 4.69) is 63.0 Å². The average molecular weight is 837 g/mol. The first-order valence-electron chi connectivity index (χ1n) is 21.3. The third-order valence-corrected chi connectivity index (χ3v) is 10.3. The van der Waals surface area contributed by atoms with Crippen LogP contribution in [-0.4, -0.2) is 166 Å². The summed E-state index contributed by atoms with van der Waals surface area (Å²) in [6.45, 7) is 15.0. The number of carbonyl (C=O) groups excluding carboxylic acids is 3. The quantitative estimate of drug-likeness (QED) is 0.0738. The van der Waals surface area contributed by atoms with Gasteiger partial charge in [-0.05, 0) is 36.1 Å². The first kappa shape index (κ1) is 46.6. The number of nitrogens with two attached hydrogens (primary N) is 1. The number of amides is 3. The van der Waals surface area contributed by atoms with Gasteiger partial charge in [-0.15, -0.1) is 0 Å². The number of nitrogens with one attached hydrogen (secondary N) is 1. The molecule has 2 aromatic heterocycles. The number of imide groups is 1. The van der Waals surface area contributed by atoms with Crippen molar-refractivity contribution in [1.29, 1.82) is 0 Å². The van der Waals surface area contributed by atoms with Gasteiger partial charge in [0.2, 0.25) is 11.9 Å². The monoisotopic (exact) mass is 836 g/mol. The lowest BCUT2D eigenvalue weighted by Gasteiger charge is -2.35. The molecular formula is C43H64N8O9. The van der Waals surface area contributed by atoms with E-state index in [-0.39, 0.29) is 36.8 Å². The molecule has 0 saturated carbocycles. The van der Waals surface area contributed by atoms with Gasteiger partial charge < -0.3 is 48.9 Å². The maximum absolute atomic E-state index is 12.8. The summed E-state index contributed by atoms with van der Waals surface area (Å²) in [5, 5.41) is 3.48. The molecule has 17 nitrogen and oxygen atoms in total. The van der Waals surface area contributed by atoms with Crippen molar-refractivity contribution in [3.8, 4) is 0 Å². The first-order chi connectivity index (χ1) is 29.3. The fourth-order valence-electron chi connectivity index (χ4n) is 6.92. The molecular weight excluding hydrogens is 773 g/mol. The van der Waals surface area contributed by atoms with Gasteiger partial charge >= 0.3 is 0 Å². The van der Waals surface area contributed by atoms with Crippen molar-refractivity contribution in [2.24, 2.45) is 0 Å². The molecule has 17 heteroatoms. The largest absolute Gasteiger partial charge is 0.379 e. The Labute approximate surface area is 353 Å². The summed E-state index contributed by atoms with van der Waals surface area (Å²) in [7, 11) is 0. The number of unbranched alkanes of at least 4 members (excludes halogenated alkanes) is 2. The van der Waals surface area contributed by atoms with E-state index >= 15 is 0 Å². The molecule has 0 atom stereocenters. The van der Waals surface area contributed by atoms with Crippen LogP contribution in [0.15, 0.2) is 42.6 Å². The molecule has 4 heterocycles. The van der Waals surface area contributed by atoms with Gasteiger partial charge in [0.15, 0.2) is 5.82 Å². The molecule has 0 radical (unpaired) electrons. The van der Waals surface area contributed by atoms with Crippen LogP contribution in [0.1, 0.15) is 49.3 Å². The molecule has 60 heavy (non-hydrogen) atoms. The third kappa shape index (κ3) is 15.5. The van der Waals surface area contributed by atoms with Crippen LogP contribution in [0.5, 0.6) is 0 Å². The Hall–Kier alpha value is -4.49. The number of hydrogen-bond acceptors (Lipinski definition) is 14. The number of carbonyl (C=O) groups is 3. The first-order valence-corrected chi connectivity index (χ1v) is 21.3. The molecule has 1 saturated heterocycles. The topological polar surface area (TPSA) is 185 Å². The number of rotatable bonds is 30. The normalized spacial score (nSPS) is 14.6. The number of nitrogen functional groups attached to an aromatic ring is 1. The SMILES string of the molecule is CCCCCNc1nc(N)nc2ccn(Cc3ccc(CN4CCN(C(=O)CCOCCOCCOCCOCCOCCOCCN5C(=O)C=CC5=O)CC4)cc3C)c12. The van der Waals surface area contributed by atoms with E-state index in [0.717, 1.165) is 60.8 Å². The zero-order valence-corrected chi connectivity index (χ0v) is 35.4. The highest BCUT2D eigenvalue weighted by molar-refractivity contribution is 6.12. The second-order valence-electron chi connectivity index (χ2n) is 14.7. The molecule has 330 valence electrons. The lowest BCUT2D eigenvalue weighted by Crippen LogP contribution is -2.48. The molecule has 2 aliphatic rings. The lowest BCUT2D eigenvalue weighted by molar-refractivity contribution is -0.138. The van der Waals surface area contributed by atoms with Crippen LogP contribution in [0.25, 0.3) is 11.0 Å². The minimum atomic E-state index is -0.310. The van der Waals surface area contributed by atoms with Crippen molar-refractivity contribution in [3.05, 3.63) is 59.3 Å². The van der Waals surface area contributed by atoms with E-state index < -0.39 is 0 Å². The van der Waals surface area contributed by atoms with Crippen LogP contribution < -0.4 is 11.1 Å². The van der Waals surface area contributed by atoms with E-state index in [1.54, 1.807) is 0 Å². The highest BCUT2D eigenvalue weighted by Gasteiger charge is 2.23. The van der Waals surface area contributed by atoms with E-state index in [1.807, 2.05) is 11.0 Å². The van der Waals surface area contributed by atoms with E-state index in [9.17, 15) is 14.4 Å². The van der Waals surface area contributed by atoms with Gasteiger partial charge in [0.05, 0.1) is 97.8 Å². The van der Waals surface area contributed by atoms with Gasteiger partial charge in [0.25, 0.3) is 11.8 Å². The summed E-state index contributed by atoms with van der Waals surface area (Å²) in [4.78, 5) is 50.2. The maximum Gasteiger partial charge on any atom is 0.253 e. The molecule has 1 fully saturated rings. The molecule has 1 aromatic carbocycles. The van der Waals surface area contributed by atoms with E-state index in [4.69, 9.17) is 34.2 Å². The fourth-order valence-corrected chi connectivity index (χ4v) is 6.92. The van der Waals surface area contributed by atoms with Crippen molar-refractivity contribution >= 4 is 40.5 Å².